The summed E-state index contributed by atoms with van der Waals surface area (Å²) in [6.07, 6.45) is -0.242. The SMILES string of the molecule is Cc1cc(NC(=O)OC(C)(C)C)cc(C=O)c1F. The summed E-state index contributed by atoms with van der Waals surface area (Å²) in [5.74, 6) is -0.584. The van der Waals surface area contributed by atoms with Gasteiger partial charge < -0.3 is 4.74 Å². The van der Waals surface area contributed by atoms with E-state index in [2.05, 4.69) is 5.32 Å². The number of nitrogens with one attached hydrogen (secondary N) is 1. The molecule has 1 rings (SSSR count). The zero-order valence-electron chi connectivity index (χ0n) is 10.8. The van der Waals surface area contributed by atoms with Crippen molar-refractivity contribution in [3.05, 3.63) is 29.1 Å². The second-order valence-corrected chi connectivity index (χ2v) is 4.94. The third-order valence-electron chi connectivity index (χ3n) is 2.05. The summed E-state index contributed by atoms with van der Waals surface area (Å²) in [5, 5.41) is 2.45. The van der Waals surface area contributed by atoms with E-state index in [-0.39, 0.29) is 11.1 Å². The molecule has 0 aliphatic rings. The van der Waals surface area contributed by atoms with Crippen molar-refractivity contribution in [2.75, 3.05) is 5.32 Å². The van der Waals surface area contributed by atoms with Crippen LogP contribution in [0, 0.1) is 12.7 Å². The molecule has 0 heterocycles. The molecule has 0 bridgehead atoms. The largest absolute Gasteiger partial charge is 0.444 e. The minimum atomic E-state index is -0.648. The number of aryl methyl sites for hydroxylation is 1. The van der Waals surface area contributed by atoms with Crippen LogP contribution < -0.4 is 5.32 Å². The van der Waals surface area contributed by atoms with Crippen molar-refractivity contribution in [3.8, 4) is 0 Å². The topological polar surface area (TPSA) is 55.4 Å². The number of ether oxygens (including phenoxy) is 1. The number of hydrogen-bond donors (Lipinski definition) is 1. The smallest absolute Gasteiger partial charge is 0.412 e. The van der Waals surface area contributed by atoms with E-state index in [1.54, 1.807) is 20.8 Å². The van der Waals surface area contributed by atoms with Gasteiger partial charge in [0.2, 0.25) is 0 Å². The van der Waals surface area contributed by atoms with E-state index < -0.39 is 17.5 Å². The van der Waals surface area contributed by atoms with Crippen molar-refractivity contribution in [1.82, 2.24) is 0 Å². The van der Waals surface area contributed by atoms with Crippen molar-refractivity contribution < 1.29 is 18.7 Å². The number of aldehydes is 1. The maximum Gasteiger partial charge on any atom is 0.412 e. The number of halogens is 1. The van der Waals surface area contributed by atoms with E-state index in [0.717, 1.165) is 0 Å². The lowest BCUT2D eigenvalue weighted by Crippen LogP contribution is -2.27. The number of benzene rings is 1. The fraction of sp³-hybridized carbons (Fsp3) is 0.385. The first-order valence-corrected chi connectivity index (χ1v) is 5.48. The van der Waals surface area contributed by atoms with Gasteiger partial charge in [-0.15, -0.1) is 0 Å². The Morgan fingerprint density at radius 3 is 2.50 bits per heavy atom. The summed E-state index contributed by atoms with van der Waals surface area (Å²) >= 11 is 0. The maximum absolute atomic E-state index is 13.4. The van der Waals surface area contributed by atoms with Crippen molar-refractivity contribution in [2.45, 2.75) is 33.3 Å². The highest BCUT2D eigenvalue weighted by Gasteiger charge is 2.17. The average Bonchev–Trinajstić information content (AvgIpc) is 2.20. The molecular weight excluding hydrogens is 237 g/mol. The van der Waals surface area contributed by atoms with Crippen LogP contribution in [0.15, 0.2) is 12.1 Å². The molecule has 0 aromatic heterocycles. The first-order chi connectivity index (χ1) is 8.23. The maximum atomic E-state index is 13.4. The summed E-state index contributed by atoms with van der Waals surface area (Å²) in [6.45, 7) is 6.72. The van der Waals surface area contributed by atoms with E-state index in [1.807, 2.05) is 0 Å². The number of hydrogen-bond acceptors (Lipinski definition) is 3. The predicted octanol–water partition coefficient (Wildman–Crippen LogP) is 3.29. The van der Waals surface area contributed by atoms with E-state index in [9.17, 15) is 14.0 Å². The zero-order chi connectivity index (χ0) is 13.9. The normalized spacial score (nSPS) is 10.9. The van der Waals surface area contributed by atoms with Gasteiger partial charge in [-0.1, -0.05) is 0 Å². The number of amides is 1. The first kappa shape index (κ1) is 14.2. The first-order valence-electron chi connectivity index (χ1n) is 5.48. The lowest BCUT2D eigenvalue weighted by Gasteiger charge is -2.19. The fourth-order valence-electron chi connectivity index (χ4n) is 1.38. The lowest BCUT2D eigenvalue weighted by atomic mass is 10.1. The predicted molar refractivity (Wildman–Crippen MR) is 66.4 cm³/mol. The highest BCUT2D eigenvalue weighted by Crippen LogP contribution is 2.19. The Morgan fingerprint density at radius 2 is 2.00 bits per heavy atom. The molecule has 1 aromatic carbocycles. The Hall–Kier alpha value is -1.91. The summed E-state index contributed by atoms with van der Waals surface area (Å²) in [7, 11) is 0. The molecule has 18 heavy (non-hydrogen) atoms. The number of carbonyl (C=O) groups excluding carboxylic acids is 2. The van der Waals surface area contributed by atoms with Gasteiger partial charge in [0.25, 0.3) is 0 Å². The van der Waals surface area contributed by atoms with Crippen LogP contribution in [0.5, 0.6) is 0 Å². The molecule has 98 valence electrons. The summed E-state index contributed by atoms with van der Waals surface area (Å²) in [5.41, 5.74) is -0.107. The molecule has 1 N–H and O–H groups in total. The average molecular weight is 253 g/mol. The van der Waals surface area contributed by atoms with E-state index >= 15 is 0 Å². The molecule has 0 aliphatic carbocycles. The standard InChI is InChI=1S/C13H16FNO3/c1-8-5-10(6-9(7-16)11(8)14)15-12(17)18-13(2,3)4/h5-7H,1-4H3,(H,15,17). The van der Waals surface area contributed by atoms with Crippen LogP contribution in [0.1, 0.15) is 36.7 Å². The van der Waals surface area contributed by atoms with E-state index in [0.29, 0.717) is 12.0 Å². The molecule has 0 aliphatic heterocycles. The molecule has 0 saturated heterocycles. The molecule has 1 amide bonds. The van der Waals surface area contributed by atoms with Gasteiger partial charge in [0.15, 0.2) is 6.29 Å². The second kappa shape index (κ2) is 5.16. The van der Waals surface area contributed by atoms with Crippen LogP contribution in [0.3, 0.4) is 0 Å². The number of anilines is 1. The molecule has 5 heteroatoms. The van der Waals surface area contributed by atoms with Crippen LogP contribution in [0.4, 0.5) is 14.9 Å². The van der Waals surface area contributed by atoms with Crippen LogP contribution in [-0.4, -0.2) is 18.0 Å². The van der Waals surface area contributed by atoms with Gasteiger partial charge in [-0.3, -0.25) is 10.1 Å². The van der Waals surface area contributed by atoms with Crippen LogP contribution >= 0.6 is 0 Å². The Labute approximate surface area is 105 Å². The molecule has 0 fully saturated rings. The van der Waals surface area contributed by atoms with Crippen molar-refractivity contribution >= 4 is 18.1 Å². The Balaban J connectivity index is 2.89. The highest BCUT2D eigenvalue weighted by atomic mass is 19.1. The van der Waals surface area contributed by atoms with Crippen molar-refractivity contribution in [3.63, 3.8) is 0 Å². The molecule has 0 radical (unpaired) electrons. The van der Waals surface area contributed by atoms with Gasteiger partial charge in [-0.05, 0) is 45.4 Å². The third kappa shape index (κ3) is 3.84. The fourth-order valence-corrected chi connectivity index (χ4v) is 1.38. The number of carbonyl (C=O) groups is 2. The monoisotopic (exact) mass is 253 g/mol. The lowest BCUT2D eigenvalue weighted by molar-refractivity contribution is 0.0635. The van der Waals surface area contributed by atoms with E-state index in [1.165, 1.54) is 19.1 Å². The molecular formula is C13H16FNO3. The van der Waals surface area contributed by atoms with Crippen LogP contribution in [0.2, 0.25) is 0 Å². The third-order valence-corrected chi connectivity index (χ3v) is 2.05. The minimum absolute atomic E-state index is 0.0962. The molecule has 0 atom stereocenters. The number of rotatable bonds is 2. The molecule has 0 unspecified atom stereocenters. The highest BCUT2D eigenvalue weighted by molar-refractivity contribution is 5.87. The van der Waals surface area contributed by atoms with Gasteiger partial charge in [0, 0.05) is 5.69 Å². The van der Waals surface area contributed by atoms with Gasteiger partial charge in [-0.2, -0.15) is 0 Å². The Bertz CT molecular complexity index is 478. The summed E-state index contributed by atoms with van der Waals surface area (Å²) in [4.78, 5) is 22.2. The van der Waals surface area contributed by atoms with Crippen molar-refractivity contribution in [2.24, 2.45) is 0 Å². The second-order valence-electron chi connectivity index (χ2n) is 4.94. The molecule has 1 aromatic rings. The summed E-state index contributed by atoms with van der Waals surface area (Å²) in [6, 6.07) is 2.70. The van der Waals surface area contributed by atoms with Gasteiger partial charge in [-0.25, -0.2) is 9.18 Å². The van der Waals surface area contributed by atoms with E-state index in [4.69, 9.17) is 4.74 Å². The van der Waals surface area contributed by atoms with Crippen LogP contribution in [0.25, 0.3) is 0 Å². The van der Waals surface area contributed by atoms with Crippen LogP contribution in [-0.2, 0) is 4.74 Å². The van der Waals surface area contributed by atoms with Gasteiger partial charge >= 0.3 is 6.09 Å². The van der Waals surface area contributed by atoms with Crippen molar-refractivity contribution in [1.29, 1.82) is 0 Å². The summed E-state index contributed by atoms with van der Waals surface area (Å²) < 4.78 is 18.5. The van der Waals surface area contributed by atoms with Gasteiger partial charge in [0.05, 0.1) is 5.56 Å². The Morgan fingerprint density at radius 1 is 1.39 bits per heavy atom. The Kier molecular flexibility index (Phi) is 4.06. The van der Waals surface area contributed by atoms with Gasteiger partial charge in [0.1, 0.15) is 11.4 Å². The minimum Gasteiger partial charge on any atom is -0.444 e. The zero-order valence-corrected chi connectivity index (χ0v) is 10.8. The molecule has 0 saturated carbocycles. The quantitative estimate of drug-likeness (QED) is 0.823. The molecule has 4 nitrogen and oxygen atoms in total. The molecule has 0 spiro atoms.